The Hall–Kier alpha value is -3.87. The number of alkyl halides is 3. The predicted octanol–water partition coefficient (Wildman–Crippen LogP) is 3.75. The van der Waals surface area contributed by atoms with E-state index < -0.39 is 47.2 Å². The molecule has 0 atom stereocenters. The van der Waals surface area contributed by atoms with Crippen LogP contribution in [-0.2, 0) is 27.5 Å². The van der Waals surface area contributed by atoms with Crippen molar-refractivity contribution >= 4 is 24.3 Å². The highest BCUT2D eigenvalue weighted by Gasteiger charge is 2.35. The second-order valence-electron chi connectivity index (χ2n) is 6.80. The number of carbonyl (C=O) groups excluding carboxylic acids is 1. The minimum atomic E-state index is -5.00. The van der Waals surface area contributed by atoms with Crippen molar-refractivity contribution in [2.75, 3.05) is 13.2 Å². The van der Waals surface area contributed by atoms with E-state index in [2.05, 4.69) is 11.7 Å². The molecule has 0 aliphatic heterocycles. The van der Waals surface area contributed by atoms with Crippen LogP contribution in [0.15, 0.2) is 56.6 Å². The van der Waals surface area contributed by atoms with Gasteiger partial charge in [-0.3, -0.25) is 9.36 Å². The number of aromatic nitrogens is 2. The van der Waals surface area contributed by atoms with E-state index in [1.165, 1.54) is 12.2 Å². The smallest absolute Gasteiger partial charge is 0.431 e. The van der Waals surface area contributed by atoms with Gasteiger partial charge in [0.2, 0.25) is 0 Å². The van der Waals surface area contributed by atoms with Crippen molar-refractivity contribution in [1.29, 1.82) is 0 Å². The first-order valence-electron chi connectivity index (χ1n) is 10.0. The van der Waals surface area contributed by atoms with Crippen LogP contribution in [0.1, 0.15) is 19.5 Å². The Labute approximate surface area is 206 Å². The van der Waals surface area contributed by atoms with Crippen LogP contribution in [0.3, 0.4) is 0 Å². The average Bonchev–Trinajstić information content (AvgIpc) is 2.78. The summed E-state index contributed by atoms with van der Waals surface area (Å²) in [6.45, 7) is 6.07. The Morgan fingerprint density at radius 1 is 1.22 bits per heavy atom. The second-order valence-corrected chi connectivity index (χ2v) is 7.21. The van der Waals surface area contributed by atoms with Crippen LogP contribution in [0.4, 0.5) is 17.6 Å². The summed E-state index contributed by atoms with van der Waals surface area (Å²) in [5, 5.41) is -0.330. The third kappa shape index (κ3) is 6.42. The van der Waals surface area contributed by atoms with E-state index in [0.29, 0.717) is 6.07 Å². The van der Waals surface area contributed by atoms with E-state index in [4.69, 9.17) is 25.8 Å². The lowest BCUT2D eigenvalue weighted by Crippen LogP contribution is -2.41. The number of rotatable bonds is 9. The molecule has 36 heavy (non-hydrogen) atoms. The number of carbonyl (C=O) groups is 1. The van der Waals surface area contributed by atoms with Crippen molar-refractivity contribution in [3.63, 3.8) is 0 Å². The molecule has 194 valence electrons. The molecule has 0 amide bonds. The Balaban J connectivity index is 2.63. The van der Waals surface area contributed by atoms with Gasteiger partial charge in [-0.1, -0.05) is 17.7 Å². The summed E-state index contributed by atoms with van der Waals surface area (Å²) in [4.78, 5) is 40.2. The minimum absolute atomic E-state index is 0.109. The summed E-state index contributed by atoms with van der Waals surface area (Å²) in [7, 11) is 0.780. The first-order chi connectivity index (χ1) is 16.8. The zero-order valence-electron chi connectivity index (χ0n) is 19.2. The van der Waals surface area contributed by atoms with Gasteiger partial charge in [-0.15, -0.1) is 0 Å². The summed E-state index contributed by atoms with van der Waals surface area (Å²) in [5.41, 5.74) is -5.14. The van der Waals surface area contributed by atoms with Crippen LogP contribution in [-0.4, -0.2) is 35.0 Å². The maximum Gasteiger partial charge on any atom is 0.431 e. The van der Waals surface area contributed by atoms with Crippen LogP contribution in [0.5, 0.6) is 5.75 Å². The largest absolute Gasteiger partial charge is 0.463 e. The summed E-state index contributed by atoms with van der Waals surface area (Å²) in [6, 6.07) is 1.69. The molecule has 0 N–H and O–H groups in total. The minimum Gasteiger partial charge on any atom is -0.463 e. The number of halogens is 5. The van der Waals surface area contributed by atoms with Gasteiger partial charge in [-0.2, -0.15) is 13.2 Å². The van der Waals surface area contributed by atoms with Crippen molar-refractivity contribution in [2.24, 2.45) is 12.0 Å². The fraction of sp³-hybridized carbons (Fsp3) is 0.273. The molecule has 1 aromatic heterocycles. The lowest BCUT2D eigenvalue weighted by atomic mass is 10.2. The molecule has 0 fully saturated rings. The predicted molar refractivity (Wildman–Crippen MR) is 122 cm³/mol. The van der Waals surface area contributed by atoms with E-state index in [9.17, 15) is 31.9 Å². The van der Waals surface area contributed by atoms with Crippen LogP contribution in [0.2, 0.25) is 5.02 Å². The molecule has 9 nitrogen and oxygen atoms in total. The SMILES string of the molecule is C=N/C(OCC(=O)OCC)=C(\C=C/C)Oc1cc(-n2c(=O)cc(C(F)(F)F)n(C)c2=O)c(F)cc1Cl. The Morgan fingerprint density at radius 3 is 2.44 bits per heavy atom. The number of allylic oxidation sites excluding steroid dienone is 2. The number of esters is 1. The standard InChI is InChI=1S/C22H20ClF4N3O6/c1-5-7-15(20(28-3)35-11-19(32)34-6-2)36-16-9-14(13(24)8-12(16)23)30-18(31)10-17(22(25,26)27)29(4)21(30)33/h5,7-10H,3,6,11H2,1-2,4H3/b7-5-,20-15-. The normalized spacial score (nSPS) is 12.3. The molecule has 1 heterocycles. The fourth-order valence-corrected chi connectivity index (χ4v) is 3.02. The van der Waals surface area contributed by atoms with Crippen LogP contribution < -0.4 is 16.0 Å². The molecule has 2 rings (SSSR count). The van der Waals surface area contributed by atoms with Gasteiger partial charge in [0, 0.05) is 19.2 Å². The zero-order valence-corrected chi connectivity index (χ0v) is 19.9. The van der Waals surface area contributed by atoms with E-state index in [1.54, 1.807) is 13.8 Å². The number of aliphatic imine (C=N–C) groups is 1. The summed E-state index contributed by atoms with van der Waals surface area (Å²) < 4.78 is 70.1. The van der Waals surface area contributed by atoms with E-state index in [0.717, 1.165) is 13.1 Å². The van der Waals surface area contributed by atoms with Gasteiger partial charge in [0.15, 0.2) is 12.4 Å². The molecule has 0 saturated heterocycles. The molecule has 1 aromatic carbocycles. The maximum absolute atomic E-state index is 14.7. The number of nitrogens with zero attached hydrogens (tertiary/aromatic N) is 3. The van der Waals surface area contributed by atoms with Crippen molar-refractivity contribution in [3.8, 4) is 11.4 Å². The van der Waals surface area contributed by atoms with Crippen molar-refractivity contribution < 1.29 is 36.6 Å². The van der Waals surface area contributed by atoms with Gasteiger partial charge >= 0.3 is 17.8 Å². The molecular weight excluding hydrogens is 514 g/mol. The second kappa shape index (κ2) is 11.7. The average molecular weight is 534 g/mol. The highest BCUT2D eigenvalue weighted by Crippen LogP contribution is 2.32. The number of ether oxygens (including phenoxy) is 3. The van der Waals surface area contributed by atoms with Crippen molar-refractivity contribution in [2.45, 2.75) is 20.0 Å². The molecule has 0 radical (unpaired) electrons. The van der Waals surface area contributed by atoms with Gasteiger partial charge in [-0.25, -0.2) is 23.5 Å². The first-order valence-corrected chi connectivity index (χ1v) is 10.4. The first kappa shape index (κ1) is 28.4. The molecule has 14 heteroatoms. The summed E-state index contributed by atoms with van der Waals surface area (Å²) in [5.74, 6) is -2.67. The lowest BCUT2D eigenvalue weighted by molar-refractivity contribution is -0.147. The quantitative estimate of drug-likeness (QED) is 0.160. The van der Waals surface area contributed by atoms with Crippen LogP contribution in [0.25, 0.3) is 5.69 Å². The fourth-order valence-electron chi connectivity index (χ4n) is 2.83. The van der Waals surface area contributed by atoms with Crippen molar-refractivity contribution in [3.05, 3.63) is 79.4 Å². The Bertz CT molecular complexity index is 1350. The topological polar surface area (TPSA) is 101 Å². The molecule has 0 saturated carbocycles. The molecular formula is C22H20ClF4N3O6. The van der Waals surface area contributed by atoms with Gasteiger partial charge in [0.05, 0.1) is 17.3 Å². The molecule has 0 spiro atoms. The van der Waals surface area contributed by atoms with Gasteiger partial charge < -0.3 is 14.2 Å². The van der Waals surface area contributed by atoms with Gasteiger partial charge in [0.1, 0.15) is 17.3 Å². The molecule has 0 aliphatic rings. The highest BCUT2D eigenvalue weighted by molar-refractivity contribution is 6.32. The van der Waals surface area contributed by atoms with Gasteiger partial charge in [0.25, 0.3) is 11.4 Å². The van der Waals surface area contributed by atoms with Crippen LogP contribution in [0, 0.1) is 5.82 Å². The highest BCUT2D eigenvalue weighted by atomic mass is 35.5. The number of benzene rings is 1. The molecule has 0 aliphatic carbocycles. The molecule has 2 aromatic rings. The monoisotopic (exact) mass is 533 g/mol. The zero-order chi connectivity index (χ0) is 27.2. The molecule has 0 unspecified atom stereocenters. The number of hydrogen-bond donors (Lipinski definition) is 0. The summed E-state index contributed by atoms with van der Waals surface area (Å²) >= 11 is 6.05. The van der Waals surface area contributed by atoms with Crippen LogP contribution >= 0.6 is 11.6 Å². The van der Waals surface area contributed by atoms with E-state index >= 15 is 0 Å². The van der Waals surface area contributed by atoms with E-state index in [-0.39, 0.29) is 44.2 Å². The summed E-state index contributed by atoms with van der Waals surface area (Å²) in [6.07, 6.45) is -2.18. The third-order valence-corrected chi connectivity index (χ3v) is 4.67. The Morgan fingerprint density at radius 2 is 1.89 bits per heavy atom. The number of hydrogen-bond acceptors (Lipinski definition) is 7. The van der Waals surface area contributed by atoms with E-state index in [1.807, 2.05) is 0 Å². The van der Waals surface area contributed by atoms with Crippen molar-refractivity contribution in [1.82, 2.24) is 9.13 Å². The van der Waals surface area contributed by atoms with Gasteiger partial charge in [-0.05, 0) is 32.7 Å². The molecule has 0 bridgehead atoms. The third-order valence-electron chi connectivity index (χ3n) is 4.38. The maximum atomic E-state index is 14.7. The Kier molecular flexibility index (Phi) is 9.23. The lowest BCUT2D eigenvalue weighted by Gasteiger charge is -2.16.